The Hall–Kier alpha value is -5.05. The summed E-state index contributed by atoms with van der Waals surface area (Å²) in [5.41, 5.74) is 3.60. The molecule has 0 unspecified atom stereocenters. The van der Waals surface area contributed by atoms with E-state index in [4.69, 9.17) is 9.47 Å². The fraction of sp³-hybridized carbons (Fsp3) is 0.265. The molecule has 5 rings (SSSR count). The Bertz CT molecular complexity index is 1720. The lowest BCUT2D eigenvalue weighted by Crippen LogP contribution is -2.54. The minimum Gasteiger partial charge on any atom is -0.459 e. The summed E-state index contributed by atoms with van der Waals surface area (Å²) < 4.78 is 11.1. The van der Waals surface area contributed by atoms with Crippen molar-refractivity contribution < 1.29 is 23.9 Å². The normalized spacial score (nSPS) is 12.9. The standard InChI is InChI=1S/C34H36N4O5/c1-34(2,3)43-33(41)38-29(17-23-19-35-27-15-9-7-13-25(23)27)31(39)37-30(32(40)42-21-22-11-5-4-6-12-22)18-24-20-36-28-16-10-8-14-26(24)28/h4-16,19-20,29-30,35-36H,17-18,21H2,1-3H3,(H,37,39)(H,38,41)/t29-,30-/m0/s1. The van der Waals surface area contributed by atoms with Crippen LogP contribution in [-0.4, -0.2) is 45.6 Å². The van der Waals surface area contributed by atoms with Crippen molar-refractivity contribution in [3.05, 3.63) is 108 Å². The molecule has 3 aromatic carbocycles. The van der Waals surface area contributed by atoms with Gasteiger partial charge < -0.3 is 30.1 Å². The van der Waals surface area contributed by atoms with Crippen LogP contribution < -0.4 is 10.6 Å². The molecule has 0 saturated heterocycles. The summed E-state index contributed by atoms with van der Waals surface area (Å²) in [4.78, 5) is 46.6. The van der Waals surface area contributed by atoms with Crippen LogP contribution in [0.5, 0.6) is 0 Å². The van der Waals surface area contributed by atoms with Crippen molar-refractivity contribution in [3.63, 3.8) is 0 Å². The number of carbonyl (C=O) groups excluding carboxylic acids is 3. The molecule has 9 heteroatoms. The van der Waals surface area contributed by atoms with E-state index in [-0.39, 0.29) is 19.4 Å². The molecule has 4 N–H and O–H groups in total. The molecule has 2 amide bonds. The van der Waals surface area contributed by atoms with Crippen LogP contribution in [0.3, 0.4) is 0 Å². The van der Waals surface area contributed by atoms with Crippen molar-refractivity contribution in [3.8, 4) is 0 Å². The predicted molar refractivity (Wildman–Crippen MR) is 165 cm³/mol. The lowest BCUT2D eigenvalue weighted by atomic mass is 10.0. The van der Waals surface area contributed by atoms with Gasteiger partial charge in [-0.2, -0.15) is 0 Å². The Morgan fingerprint density at radius 2 is 1.26 bits per heavy atom. The number of rotatable bonds is 10. The molecule has 0 aliphatic heterocycles. The second kappa shape index (κ2) is 12.9. The van der Waals surface area contributed by atoms with Crippen LogP contribution in [-0.2, 0) is 38.5 Å². The van der Waals surface area contributed by atoms with Gasteiger partial charge in [0.2, 0.25) is 5.91 Å². The Balaban J connectivity index is 1.40. The molecule has 2 atom stereocenters. The number of aromatic amines is 2. The predicted octanol–water partition coefficient (Wildman–Crippen LogP) is 5.56. The highest BCUT2D eigenvalue weighted by Gasteiger charge is 2.30. The number of ether oxygens (including phenoxy) is 2. The molecule has 0 bridgehead atoms. The Labute approximate surface area is 250 Å². The second-order valence-electron chi connectivity index (χ2n) is 11.5. The summed E-state index contributed by atoms with van der Waals surface area (Å²) in [6, 6.07) is 22.8. The largest absolute Gasteiger partial charge is 0.459 e. The summed E-state index contributed by atoms with van der Waals surface area (Å²) in [6.45, 7) is 5.32. The number of fused-ring (bicyclic) bond motifs is 2. The number of hydrogen-bond acceptors (Lipinski definition) is 5. The van der Waals surface area contributed by atoms with E-state index >= 15 is 0 Å². The number of H-pyrrole nitrogens is 2. The lowest BCUT2D eigenvalue weighted by molar-refractivity contribution is -0.149. The van der Waals surface area contributed by atoms with E-state index in [0.29, 0.717) is 0 Å². The van der Waals surface area contributed by atoms with Crippen molar-refractivity contribution in [2.45, 2.75) is 57.9 Å². The van der Waals surface area contributed by atoms with Crippen molar-refractivity contribution in [2.24, 2.45) is 0 Å². The average molecular weight is 581 g/mol. The Morgan fingerprint density at radius 1 is 0.721 bits per heavy atom. The number of hydrogen-bond donors (Lipinski definition) is 4. The van der Waals surface area contributed by atoms with E-state index in [1.165, 1.54) is 0 Å². The van der Waals surface area contributed by atoms with Crippen molar-refractivity contribution >= 4 is 39.8 Å². The maximum Gasteiger partial charge on any atom is 0.408 e. The van der Waals surface area contributed by atoms with Crippen LogP contribution in [0.1, 0.15) is 37.5 Å². The fourth-order valence-corrected chi connectivity index (χ4v) is 4.99. The minimum absolute atomic E-state index is 0.0643. The van der Waals surface area contributed by atoms with E-state index in [2.05, 4.69) is 20.6 Å². The summed E-state index contributed by atoms with van der Waals surface area (Å²) in [5.74, 6) is -1.11. The highest BCUT2D eigenvalue weighted by Crippen LogP contribution is 2.21. The molecule has 2 aromatic heterocycles. The number of aromatic nitrogens is 2. The number of nitrogens with one attached hydrogen (secondary N) is 4. The number of benzene rings is 3. The van der Waals surface area contributed by atoms with Gasteiger partial charge in [-0.05, 0) is 49.6 Å². The highest BCUT2D eigenvalue weighted by molar-refractivity contribution is 5.92. The molecule has 0 aliphatic rings. The van der Waals surface area contributed by atoms with E-state index in [9.17, 15) is 14.4 Å². The zero-order valence-corrected chi connectivity index (χ0v) is 24.5. The Kier molecular flexibility index (Phi) is 8.80. The van der Waals surface area contributed by atoms with Crippen LogP contribution in [0, 0.1) is 0 Å². The summed E-state index contributed by atoms with van der Waals surface area (Å²) in [6.07, 6.45) is 3.28. The van der Waals surface area contributed by atoms with Crippen LogP contribution >= 0.6 is 0 Å². The molecule has 0 fully saturated rings. The molecular formula is C34H36N4O5. The van der Waals surface area contributed by atoms with E-state index in [1.54, 1.807) is 20.8 Å². The van der Waals surface area contributed by atoms with Gasteiger partial charge in [-0.1, -0.05) is 66.7 Å². The van der Waals surface area contributed by atoms with Gasteiger partial charge in [-0.15, -0.1) is 0 Å². The summed E-state index contributed by atoms with van der Waals surface area (Å²) in [7, 11) is 0. The SMILES string of the molecule is CC(C)(C)OC(=O)N[C@@H](Cc1c[nH]c2ccccc12)C(=O)N[C@@H](Cc1c[nH]c2ccccc12)C(=O)OCc1ccccc1. The molecule has 0 aliphatic carbocycles. The van der Waals surface area contributed by atoms with Gasteiger partial charge in [0.25, 0.3) is 0 Å². The average Bonchev–Trinajstić information content (AvgIpc) is 3.59. The maximum absolute atomic E-state index is 13.9. The molecule has 222 valence electrons. The monoisotopic (exact) mass is 580 g/mol. The maximum atomic E-state index is 13.9. The second-order valence-corrected chi connectivity index (χ2v) is 11.5. The van der Waals surface area contributed by atoms with Gasteiger partial charge in [0.15, 0.2) is 0 Å². The van der Waals surface area contributed by atoms with Crippen molar-refractivity contribution in [2.75, 3.05) is 0 Å². The highest BCUT2D eigenvalue weighted by atomic mass is 16.6. The first-order valence-electron chi connectivity index (χ1n) is 14.3. The third-order valence-corrected chi connectivity index (χ3v) is 7.03. The number of carbonyl (C=O) groups is 3. The zero-order chi connectivity index (χ0) is 30.4. The van der Waals surface area contributed by atoms with Gasteiger partial charge in [-0.3, -0.25) is 4.79 Å². The van der Waals surface area contributed by atoms with Crippen LogP contribution in [0.25, 0.3) is 21.8 Å². The molecule has 0 saturated carbocycles. The first kappa shape index (κ1) is 29.4. The fourth-order valence-electron chi connectivity index (χ4n) is 4.99. The summed E-state index contributed by atoms with van der Waals surface area (Å²) >= 11 is 0. The van der Waals surface area contributed by atoms with Crippen LogP contribution in [0.15, 0.2) is 91.3 Å². The molecule has 43 heavy (non-hydrogen) atoms. The quantitative estimate of drug-likeness (QED) is 0.161. The molecule has 2 heterocycles. The van der Waals surface area contributed by atoms with Gasteiger partial charge in [-0.25, -0.2) is 9.59 Å². The first-order valence-corrected chi connectivity index (χ1v) is 14.3. The van der Waals surface area contributed by atoms with Gasteiger partial charge >= 0.3 is 12.1 Å². The number of alkyl carbamates (subject to hydrolysis) is 1. The van der Waals surface area contributed by atoms with Crippen molar-refractivity contribution in [1.82, 2.24) is 20.6 Å². The van der Waals surface area contributed by atoms with Gasteiger partial charge in [0.05, 0.1) is 0 Å². The number of esters is 1. The lowest BCUT2D eigenvalue weighted by Gasteiger charge is -2.25. The van der Waals surface area contributed by atoms with E-state index in [0.717, 1.165) is 38.5 Å². The topological polar surface area (TPSA) is 125 Å². The summed E-state index contributed by atoms with van der Waals surface area (Å²) in [5, 5.41) is 7.48. The van der Waals surface area contributed by atoms with Crippen molar-refractivity contribution in [1.29, 1.82) is 0 Å². The van der Waals surface area contributed by atoms with Crippen LogP contribution in [0.2, 0.25) is 0 Å². The Morgan fingerprint density at radius 3 is 1.84 bits per heavy atom. The van der Waals surface area contributed by atoms with E-state index < -0.39 is 35.7 Å². The van der Waals surface area contributed by atoms with Gasteiger partial charge in [0.1, 0.15) is 24.3 Å². The molecule has 0 radical (unpaired) electrons. The third-order valence-electron chi connectivity index (χ3n) is 7.03. The first-order chi connectivity index (χ1) is 20.7. The number of amides is 2. The molecule has 5 aromatic rings. The van der Waals surface area contributed by atoms with Gasteiger partial charge in [0, 0.05) is 47.0 Å². The van der Waals surface area contributed by atoms with E-state index in [1.807, 2.05) is 91.3 Å². The van der Waals surface area contributed by atoms with Crippen LogP contribution in [0.4, 0.5) is 4.79 Å². The number of para-hydroxylation sites is 2. The third kappa shape index (κ3) is 7.62. The zero-order valence-electron chi connectivity index (χ0n) is 24.5. The molecular weight excluding hydrogens is 544 g/mol. The molecule has 0 spiro atoms. The minimum atomic E-state index is -1.03. The molecule has 9 nitrogen and oxygen atoms in total. The smallest absolute Gasteiger partial charge is 0.408 e.